The number of nitrogens with zero attached hydrogens (tertiary/aromatic N) is 3. The van der Waals surface area contributed by atoms with Gasteiger partial charge in [0.15, 0.2) is 5.82 Å². The number of nitrogens with two attached hydrogens (primary N) is 1. The number of hydrogen-bond donors (Lipinski definition) is 3. The van der Waals surface area contributed by atoms with E-state index in [1.54, 1.807) is 19.2 Å². The van der Waals surface area contributed by atoms with Crippen molar-refractivity contribution in [3.05, 3.63) is 45.6 Å². The summed E-state index contributed by atoms with van der Waals surface area (Å²) in [6.45, 7) is 4.31. The molecule has 1 atom stereocenters. The van der Waals surface area contributed by atoms with Gasteiger partial charge in [0.2, 0.25) is 5.91 Å². The Hall–Kier alpha value is -2.32. The Kier molecular flexibility index (Phi) is 6.33. The number of carbonyl (C=O) groups is 1. The Labute approximate surface area is 178 Å². The van der Waals surface area contributed by atoms with Crippen molar-refractivity contribution in [2.24, 2.45) is 5.92 Å². The van der Waals surface area contributed by atoms with Crippen molar-refractivity contribution in [1.82, 2.24) is 19.9 Å². The molecule has 156 valence electrons. The Balaban J connectivity index is 1.59. The first-order valence-electron chi connectivity index (χ1n) is 9.34. The van der Waals surface area contributed by atoms with E-state index in [1.165, 1.54) is 4.57 Å². The van der Waals surface area contributed by atoms with Gasteiger partial charge in [-0.15, -0.1) is 23.2 Å². The van der Waals surface area contributed by atoms with Crippen LogP contribution in [-0.2, 0) is 17.9 Å². The van der Waals surface area contributed by atoms with Crippen molar-refractivity contribution in [1.29, 1.82) is 0 Å². The number of carbonyl (C=O) groups excluding carboxylic acids is 1. The zero-order valence-electron chi connectivity index (χ0n) is 16.3. The number of amides is 1. The van der Waals surface area contributed by atoms with Crippen LogP contribution in [0.25, 0.3) is 0 Å². The van der Waals surface area contributed by atoms with Crippen LogP contribution in [0, 0.1) is 19.8 Å². The fraction of sp³-hybridized carbons (Fsp3) is 0.474. The molecule has 0 aliphatic heterocycles. The molecule has 0 saturated heterocycles. The van der Waals surface area contributed by atoms with Gasteiger partial charge in [0.25, 0.3) is 5.56 Å². The van der Waals surface area contributed by atoms with Crippen molar-refractivity contribution < 1.29 is 4.79 Å². The highest BCUT2D eigenvalue weighted by atomic mass is 35.5. The number of rotatable bonds is 8. The van der Waals surface area contributed by atoms with E-state index in [0.29, 0.717) is 24.6 Å². The maximum absolute atomic E-state index is 12.7. The first-order valence-corrected chi connectivity index (χ1v) is 10.1. The Morgan fingerprint density at radius 1 is 1.38 bits per heavy atom. The Morgan fingerprint density at radius 3 is 2.76 bits per heavy atom. The van der Waals surface area contributed by atoms with E-state index in [1.807, 2.05) is 13.0 Å². The molecule has 29 heavy (non-hydrogen) atoms. The third kappa shape index (κ3) is 5.39. The summed E-state index contributed by atoms with van der Waals surface area (Å²) in [5.74, 6) is 0.581. The molecule has 0 spiro atoms. The summed E-state index contributed by atoms with van der Waals surface area (Å²) in [6, 6.07) is 3.50. The number of alkyl halides is 2. The maximum Gasteiger partial charge on any atom is 0.293 e. The minimum atomic E-state index is -0.640. The van der Waals surface area contributed by atoms with E-state index >= 15 is 0 Å². The minimum absolute atomic E-state index is 0.0988. The normalized spacial score (nSPS) is 17.0. The molecule has 1 aliphatic carbocycles. The van der Waals surface area contributed by atoms with Gasteiger partial charge in [-0.05, 0) is 44.2 Å². The van der Waals surface area contributed by atoms with Crippen molar-refractivity contribution in [3.63, 3.8) is 0 Å². The highest BCUT2D eigenvalue weighted by Crippen LogP contribution is 2.54. The topological polar surface area (TPSA) is 115 Å². The number of aromatic nitrogens is 3. The molecule has 0 aromatic carbocycles. The van der Waals surface area contributed by atoms with E-state index in [2.05, 4.69) is 20.6 Å². The second-order valence-electron chi connectivity index (χ2n) is 7.27. The standard InChI is InChI=1S/C19H24Cl2N6O2/c1-11-8-25-17(23-6-5-14-7-19(14,20)21)18(29)27(11)10-16(28)24-9-13-3-4-15(22)26-12(13)2/h3-4,8,14H,5-7,9-10H2,1-2H3,(H2,22,26)(H,23,25)(H,24,28). The molecule has 10 heteroatoms. The lowest BCUT2D eigenvalue weighted by molar-refractivity contribution is -0.121. The van der Waals surface area contributed by atoms with E-state index in [9.17, 15) is 9.59 Å². The van der Waals surface area contributed by atoms with Gasteiger partial charge in [-0.1, -0.05) is 6.07 Å². The molecular weight excluding hydrogens is 415 g/mol. The lowest BCUT2D eigenvalue weighted by Gasteiger charge is -2.13. The van der Waals surface area contributed by atoms with Gasteiger partial charge in [-0.3, -0.25) is 14.2 Å². The SMILES string of the molecule is Cc1nc(N)ccc1CNC(=O)Cn1c(C)cnc(NCCC2CC2(Cl)Cl)c1=O. The largest absolute Gasteiger partial charge is 0.384 e. The van der Waals surface area contributed by atoms with Crippen molar-refractivity contribution in [2.75, 3.05) is 17.6 Å². The Morgan fingerprint density at radius 2 is 2.10 bits per heavy atom. The van der Waals surface area contributed by atoms with Gasteiger partial charge < -0.3 is 16.4 Å². The quantitative estimate of drug-likeness (QED) is 0.543. The molecule has 1 fully saturated rings. The lowest BCUT2D eigenvalue weighted by Crippen LogP contribution is -2.34. The molecule has 0 bridgehead atoms. The second-order valence-corrected chi connectivity index (χ2v) is 8.82. The van der Waals surface area contributed by atoms with Gasteiger partial charge in [0.05, 0.1) is 0 Å². The fourth-order valence-electron chi connectivity index (χ4n) is 3.03. The monoisotopic (exact) mass is 438 g/mol. The van der Waals surface area contributed by atoms with Crippen LogP contribution < -0.4 is 21.9 Å². The molecule has 2 aromatic rings. The highest BCUT2D eigenvalue weighted by molar-refractivity contribution is 6.50. The predicted molar refractivity (Wildman–Crippen MR) is 114 cm³/mol. The Bertz CT molecular complexity index is 976. The van der Waals surface area contributed by atoms with E-state index in [-0.39, 0.29) is 29.7 Å². The van der Waals surface area contributed by atoms with E-state index in [4.69, 9.17) is 28.9 Å². The second kappa shape index (κ2) is 8.59. The summed E-state index contributed by atoms with van der Waals surface area (Å²) in [7, 11) is 0. The first-order chi connectivity index (χ1) is 13.7. The van der Waals surface area contributed by atoms with Crippen molar-refractivity contribution >= 4 is 40.7 Å². The van der Waals surface area contributed by atoms with Crippen molar-refractivity contribution in [2.45, 2.75) is 44.1 Å². The van der Waals surface area contributed by atoms with Gasteiger partial charge in [-0.2, -0.15) is 0 Å². The molecule has 2 aromatic heterocycles. The lowest BCUT2D eigenvalue weighted by atomic mass is 10.2. The summed E-state index contributed by atoms with van der Waals surface area (Å²) >= 11 is 12.0. The number of hydrogen-bond acceptors (Lipinski definition) is 6. The molecule has 1 saturated carbocycles. The molecule has 0 radical (unpaired) electrons. The number of halogens is 2. The molecule has 8 nitrogen and oxygen atoms in total. The maximum atomic E-state index is 12.7. The van der Waals surface area contributed by atoms with Crippen LogP contribution in [0.5, 0.6) is 0 Å². The summed E-state index contributed by atoms with van der Waals surface area (Å²) in [6.07, 6.45) is 3.07. The van der Waals surface area contributed by atoms with Crippen LogP contribution in [-0.4, -0.2) is 31.3 Å². The summed E-state index contributed by atoms with van der Waals surface area (Å²) in [5, 5.41) is 5.83. The van der Waals surface area contributed by atoms with E-state index in [0.717, 1.165) is 24.1 Å². The number of anilines is 2. The van der Waals surface area contributed by atoms with Crippen LogP contribution in [0.4, 0.5) is 11.6 Å². The third-order valence-electron chi connectivity index (χ3n) is 4.99. The van der Waals surface area contributed by atoms with Crippen LogP contribution >= 0.6 is 23.2 Å². The zero-order chi connectivity index (χ0) is 21.2. The molecule has 1 unspecified atom stereocenters. The number of nitrogens with one attached hydrogen (secondary N) is 2. The highest BCUT2D eigenvalue weighted by Gasteiger charge is 2.50. The number of nitrogen functional groups attached to an aromatic ring is 1. The van der Waals surface area contributed by atoms with Gasteiger partial charge in [0, 0.05) is 30.7 Å². The van der Waals surface area contributed by atoms with Gasteiger partial charge in [-0.25, -0.2) is 9.97 Å². The van der Waals surface area contributed by atoms with Crippen LogP contribution in [0.15, 0.2) is 23.1 Å². The smallest absolute Gasteiger partial charge is 0.293 e. The van der Waals surface area contributed by atoms with Gasteiger partial charge >= 0.3 is 0 Å². The number of pyridine rings is 1. The molecule has 2 heterocycles. The van der Waals surface area contributed by atoms with E-state index < -0.39 is 4.33 Å². The zero-order valence-corrected chi connectivity index (χ0v) is 17.8. The van der Waals surface area contributed by atoms with Crippen LogP contribution in [0.1, 0.15) is 29.8 Å². The predicted octanol–water partition coefficient (Wildman–Crippen LogP) is 2.15. The average Bonchev–Trinajstić information content (AvgIpc) is 3.26. The summed E-state index contributed by atoms with van der Waals surface area (Å²) in [5.41, 5.74) is 7.51. The summed E-state index contributed by atoms with van der Waals surface area (Å²) in [4.78, 5) is 33.4. The molecule has 1 aliphatic rings. The summed E-state index contributed by atoms with van der Waals surface area (Å²) < 4.78 is 0.752. The van der Waals surface area contributed by atoms with Crippen LogP contribution in [0.2, 0.25) is 0 Å². The van der Waals surface area contributed by atoms with Crippen LogP contribution in [0.3, 0.4) is 0 Å². The third-order valence-corrected chi connectivity index (χ3v) is 5.92. The van der Waals surface area contributed by atoms with Crippen molar-refractivity contribution in [3.8, 4) is 0 Å². The molecule has 4 N–H and O–H groups in total. The fourth-order valence-corrected chi connectivity index (χ4v) is 3.62. The minimum Gasteiger partial charge on any atom is -0.384 e. The van der Waals surface area contributed by atoms with Gasteiger partial charge in [0.1, 0.15) is 16.7 Å². The molecule has 3 rings (SSSR count). The number of aryl methyl sites for hydroxylation is 2. The first kappa shape index (κ1) is 21.4. The average molecular weight is 439 g/mol. The molecular formula is C19H24Cl2N6O2. The molecule has 1 amide bonds.